The highest BCUT2D eigenvalue weighted by Crippen LogP contribution is 2.43. The summed E-state index contributed by atoms with van der Waals surface area (Å²) in [5, 5.41) is 40.4. The molecule has 0 bridgehead atoms. The summed E-state index contributed by atoms with van der Waals surface area (Å²) in [7, 11) is -11.6. The van der Waals surface area contributed by atoms with Crippen LogP contribution in [0.3, 0.4) is 0 Å². The van der Waals surface area contributed by atoms with Crippen LogP contribution in [0.1, 0.15) is 13.8 Å². The molecule has 0 aromatic heterocycles. The van der Waals surface area contributed by atoms with E-state index >= 15 is 0 Å². The smallest absolute Gasteiger partial charge is 0.283 e. The van der Waals surface area contributed by atoms with Gasteiger partial charge in [-0.25, -0.2) is 16.8 Å². The highest BCUT2D eigenvalue weighted by molar-refractivity contribution is 7.91. The second-order valence-corrected chi connectivity index (χ2v) is 15.3. The first-order chi connectivity index (χ1) is 20.6. The van der Waals surface area contributed by atoms with Crippen molar-refractivity contribution in [3.63, 3.8) is 0 Å². The van der Waals surface area contributed by atoms with Crippen LogP contribution < -0.4 is 5.32 Å². The summed E-state index contributed by atoms with van der Waals surface area (Å²) in [5.41, 5.74) is 0.136. The lowest BCUT2D eigenvalue weighted by Crippen LogP contribution is -2.13. The molecule has 0 saturated heterocycles. The Kier molecular flexibility index (Phi) is 9.33. The number of anilines is 1. The fourth-order valence-electron chi connectivity index (χ4n) is 3.93. The van der Waals surface area contributed by atoms with Gasteiger partial charge in [0.05, 0.1) is 32.7 Å². The Balaban J connectivity index is 1.80. The van der Waals surface area contributed by atoms with E-state index in [1.165, 1.54) is 74.5 Å². The first-order valence-corrected chi connectivity index (χ1v) is 17.8. The van der Waals surface area contributed by atoms with Crippen molar-refractivity contribution < 1.29 is 40.0 Å². The largest absolute Gasteiger partial charge is 0.506 e. The third kappa shape index (κ3) is 7.36. The van der Waals surface area contributed by atoms with Crippen molar-refractivity contribution >= 4 is 69.0 Å². The zero-order valence-corrected chi connectivity index (χ0v) is 25.7. The van der Waals surface area contributed by atoms with Crippen LogP contribution in [0.15, 0.2) is 97.0 Å². The number of hydrogen-bond acceptors (Lipinski definition) is 13. The first-order valence-electron chi connectivity index (χ1n) is 12.8. The van der Waals surface area contributed by atoms with Gasteiger partial charge < -0.3 is 15.5 Å². The number of phenolic OH excluding ortho intramolecular Hbond substituents is 2. The van der Waals surface area contributed by atoms with Gasteiger partial charge >= 0.3 is 0 Å². The van der Waals surface area contributed by atoms with Crippen LogP contribution in [-0.4, -0.2) is 57.4 Å². The summed E-state index contributed by atoms with van der Waals surface area (Å²) in [6, 6.07) is 14.9. The molecule has 232 valence electrons. The Morgan fingerprint density at radius 1 is 0.682 bits per heavy atom. The molecule has 17 heteroatoms. The number of benzene rings is 4. The molecule has 0 radical (unpaired) electrons. The Morgan fingerprint density at radius 2 is 1.32 bits per heavy atom. The highest BCUT2D eigenvalue weighted by Gasteiger charge is 2.17. The predicted octanol–water partition coefficient (Wildman–Crippen LogP) is 5.93. The molecule has 4 rings (SSSR count). The van der Waals surface area contributed by atoms with Crippen molar-refractivity contribution in [3.05, 3.63) is 66.7 Å². The second-order valence-electron chi connectivity index (χ2n) is 9.25. The number of fused-ring (bicyclic) bond motifs is 1. The van der Waals surface area contributed by atoms with Gasteiger partial charge in [-0.05, 0) is 60.7 Å². The third-order valence-corrected chi connectivity index (χ3v) is 10.3. The van der Waals surface area contributed by atoms with E-state index in [2.05, 4.69) is 25.8 Å². The maximum absolute atomic E-state index is 12.3. The Labute approximate surface area is 253 Å². The second kappa shape index (κ2) is 12.7. The predicted molar refractivity (Wildman–Crippen MR) is 164 cm³/mol. The van der Waals surface area contributed by atoms with Gasteiger partial charge in [-0.1, -0.05) is 19.9 Å². The zero-order valence-electron chi connectivity index (χ0n) is 23.3. The number of azo groups is 2. The molecule has 0 spiro atoms. The van der Waals surface area contributed by atoms with Gasteiger partial charge in [-0.3, -0.25) is 4.55 Å². The molecule has 4 aromatic carbocycles. The molecular weight excluding hydrogens is 635 g/mol. The summed E-state index contributed by atoms with van der Waals surface area (Å²) in [5.74, 6) is -1.86. The van der Waals surface area contributed by atoms with Gasteiger partial charge in [-0.15, -0.1) is 15.3 Å². The molecular formula is C27H27N5O9S3. The van der Waals surface area contributed by atoms with E-state index in [1.807, 2.05) is 0 Å². The molecule has 0 amide bonds. The molecule has 0 aliphatic heterocycles. The molecule has 0 heterocycles. The van der Waals surface area contributed by atoms with Crippen molar-refractivity contribution in [2.75, 3.05) is 22.7 Å². The van der Waals surface area contributed by atoms with E-state index in [4.69, 9.17) is 0 Å². The minimum absolute atomic E-state index is 0.0376. The standard InChI is InChI=1S/C27H27N5O9S3/c1-3-42(35,36)18-7-5-6-17(14-18)29-32-26-20-9-12-23(27(34)21(20)10-11-22(26)28-16-44(39,40)41)30-31-24-15-19(8-13-25(24)33)43(37,38)4-2/h5-15,28,33-34H,3-4,16H2,1-2H3,(H,39,40,41). The van der Waals surface area contributed by atoms with Crippen molar-refractivity contribution in [3.8, 4) is 11.5 Å². The van der Waals surface area contributed by atoms with Crippen molar-refractivity contribution in [2.45, 2.75) is 23.6 Å². The van der Waals surface area contributed by atoms with E-state index in [9.17, 15) is 40.0 Å². The zero-order chi connectivity index (χ0) is 32.3. The maximum Gasteiger partial charge on any atom is 0.283 e. The summed E-state index contributed by atoms with van der Waals surface area (Å²) < 4.78 is 81.1. The summed E-state index contributed by atoms with van der Waals surface area (Å²) >= 11 is 0. The first kappa shape index (κ1) is 32.5. The molecule has 4 aromatic rings. The molecule has 14 nitrogen and oxygen atoms in total. The lowest BCUT2D eigenvalue weighted by molar-refractivity contribution is 0.475. The number of nitrogens with one attached hydrogen (secondary N) is 1. The average molecular weight is 662 g/mol. The fourth-order valence-corrected chi connectivity index (χ4v) is 6.08. The molecule has 0 saturated carbocycles. The highest BCUT2D eigenvalue weighted by atomic mass is 32.2. The molecule has 0 atom stereocenters. The van der Waals surface area contributed by atoms with Crippen LogP contribution in [0.2, 0.25) is 0 Å². The maximum atomic E-state index is 12.3. The monoisotopic (exact) mass is 661 g/mol. The van der Waals surface area contributed by atoms with E-state index in [1.54, 1.807) is 0 Å². The van der Waals surface area contributed by atoms with Gasteiger partial charge in [0, 0.05) is 10.8 Å². The van der Waals surface area contributed by atoms with Gasteiger partial charge in [0.1, 0.15) is 28.7 Å². The number of rotatable bonds is 11. The quantitative estimate of drug-likeness (QED) is 0.109. The van der Waals surface area contributed by atoms with Crippen LogP contribution in [0.25, 0.3) is 10.8 Å². The van der Waals surface area contributed by atoms with Crippen LogP contribution in [-0.2, 0) is 29.8 Å². The number of hydrogen-bond donors (Lipinski definition) is 4. The topological polar surface area (TPSA) is 225 Å². The third-order valence-electron chi connectivity index (χ3n) is 6.34. The molecule has 4 N–H and O–H groups in total. The molecule has 0 aliphatic rings. The van der Waals surface area contributed by atoms with Gasteiger partial charge in [0.15, 0.2) is 25.4 Å². The number of phenols is 2. The normalized spacial score (nSPS) is 12.8. The molecule has 0 fully saturated rings. The van der Waals surface area contributed by atoms with Crippen molar-refractivity contribution in [2.24, 2.45) is 20.5 Å². The lowest BCUT2D eigenvalue weighted by atomic mass is 10.1. The van der Waals surface area contributed by atoms with Crippen LogP contribution in [0, 0.1) is 0 Å². The number of sulfone groups is 2. The Morgan fingerprint density at radius 3 is 1.98 bits per heavy atom. The molecule has 0 aliphatic carbocycles. The van der Waals surface area contributed by atoms with E-state index in [0.717, 1.165) is 6.07 Å². The van der Waals surface area contributed by atoms with Crippen LogP contribution in [0.5, 0.6) is 11.5 Å². The summed E-state index contributed by atoms with van der Waals surface area (Å²) in [6.45, 7) is 2.98. The lowest BCUT2D eigenvalue weighted by Gasteiger charge is -2.12. The molecule has 0 unspecified atom stereocenters. The summed E-state index contributed by atoms with van der Waals surface area (Å²) in [6.07, 6.45) is 0. The average Bonchev–Trinajstić information content (AvgIpc) is 2.99. The fraction of sp³-hybridized carbons (Fsp3) is 0.185. The van der Waals surface area contributed by atoms with Gasteiger partial charge in [0.25, 0.3) is 10.1 Å². The van der Waals surface area contributed by atoms with Crippen molar-refractivity contribution in [1.29, 1.82) is 0 Å². The minimum Gasteiger partial charge on any atom is -0.506 e. The van der Waals surface area contributed by atoms with Gasteiger partial charge in [0.2, 0.25) is 0 Å². The SMILES string of the molecule is CCS(=O)(=O)c1cccc(N=Nc2c(NCS(=O)(=O)O)ccc3c(O)c(N=Nc4cc(S(=O)(=O)CC)ccc4O)ccc23)c1. The van der Waals surface area contributed by atoms with Gasteiger partial charge in [-0.2, -0.15) is 13.5 Å². The summed E-state index contributed by atoms with van der Waals surface area (Å²) in [4.78, 5) is -0.0251. The Bertz CT molecular complexity index is 2130. The molecule has 44 heavy (non-hydrogen) atoms. The number of nitrogens with zero attached hydrogens (tertiary/aromatic N) is 4. The minimum atomic E-state index is -4.44. The van der Waals surface area contributed by atoms with E-state index < -0.39 is 35.7 Å². The Hall–Kier alpha value is -4.45. The van der Waals surface area contributed by atoms with E-state index in [0.29, 0.717) is 0 Å². The number of aromatic hydroxyl groups is 2. The van der Waals surface area contributed by atoms with Crippen LogP contribution >= 0.6 is 0 Å². The van der Waals surface area contributed by atoms with Crippen LogP contribution in [0.4, 0.5) is 28.4 Å². The van der Waals surface area contributed by atoms with E-state index in [-0.39, 0.29) is 72.0 Å². The van der Waals surface area contributed by atoms with Crippen molar-refractivity contribution in [1.82, 2.24) is 0 Å².